The fourth-order valence-corrected chi connectivity index (χ4v) is 8.06. The molecule has 3 heterocycles. The molecule has 0 aliphatic carbocycles. The molecule has 0 saturated carbocycles. The van der Waals surface area contributed by atoms with Crippen molar-refractivity contribution in [3.05, 3.63) is 88.0 Å². The number of thioether (sulfide) groups is 3. The molecule has 0 spiro atoms. The Bertz CT molecular complexity index is 1800. The first-order valence-electron chi connectivity index (χ1n) is 11.2. The van der Waals surface area contributed by atoms with Gasteiger partial charge in [-0.05, 0) is 83.4 Å². The van der Waals surface area contributed by atoms with E-state index in [2.05, 4.69) is 82.3 Å². The number of allylic oxidation sites excluding steroid dienone is 1. The van der Waals surface area contributed by atoms with E-state index in [1.54, 1.807) is 24.8 Å². The Hall–Kier alpha value is -3.13. The van der Waals surface area contributed by atoms with Crippen molar-refractivity contribution in [3.63, 3.8) is 0 Å². The van der Waals surface area contributed by atoms with E-state index in [4.69, 9.17) is 0 Å². The number of hydrogen-bond donors (Lipinski definition) is 0. The summed E-state index contributed by atoms with van der Waals surface area (Å²) >= 11 is 5.57. The van der Waals surface area contributed by atoms with Crippen molar-refractivity contribution in [2.45, 2.75) is 28.5 Å². The van der Waals surface area contributed by atoms with Gasteiger partial charge in [0.05, 0.1) is 26.3 Å². The molecule has 0 N–H and O–H groups in total. The van der Waals surface area contributed by atoms with E-state index in [0.29, 0.717) is 0 Å². The zero-order chi connectivity index (χ0) is 23.5. The van der Waals surface area contributed by atoms with Crippen molar-refractivity contribution in [1.29, 1.82) is 0 Å². The largest absolute Gasteiger partial charge is 0.253 e. The molecule has 6 aromatic rings. The highest BCUT2D eigenvalue weighted by Crippen LogP contribution is 2.55. The van der Waals surface area contributed by atoms with Gasteiger partial charge in [0.1, 0.15) is 0 Å². The molecule has 1 aliphatic rings. The summed E-state index contributed by atoms with van der Waals surface area (Å²) in [6.07, 6.45) is 6.99. The van der Waals surface area contributed by atoms with Crippen LogP contribution in [0.3, 0.4) is 0 Å². The van der Waals surface area contributed by atoms with Crippen LogP contribution in [0.2, 0.25) is 0 Å². The van der Waals surface area contributed by atoms with Crippen LogP contribution in [-0.2, 0) is 0 Å². The molecular weight excluding hydrogens is 489 g/mol. The third kappa shape index (κ3) is 3.75. The Morgan fingerprint density at radius 2 is 1.03 bits per heavy atom. The zero-order valence-electron chi connectivity index (χ0n) is 18.9. The molecule has 7 rings (SSSR count). The average molecular weight is 507 g/mol. The van der Waals surface area contributed by atoms with Gasteiger partial charge in [0.15, 0.2) is 0 Å². The molecular formula is C28H18N4S3. The second kappa shape index (κ2) is 8.22. The summed E-state index contributed by atoms with van der Waals surface area (Å²) in [5.74, 6) is 0. The standard InChI is InChI=1S/C28H18N4S3/c1-15-7-17-8-21-22(30-4-3-29-21)9-18(17)12-25(15)33-16(2)28-34-26-13-19-10-23-24(32-6-5-31-23)11-20(19)14-27(26)35-28/h3-14H,1-2H3. The summed E-state index contributed by atoms with van der Waals surface area (Å²) in [6.45, 7) is 4.41. The van der Waals surface area contributed by atoms with Crippen molar-refractivity contribution in [2.75, 3.05) is 0 Å². The Kier molecular flexibility index (Phi) is 4.98. The van der Waals surface area contributed by atoms with Gasteiger partial charge in [-0.1, -0.05) is 41.4 Å². The first-order valence-corrected chi connectivity index (χ1v) is 13.6. The van der Waals surface area contributed by atoms with E-state index in [-0.39, 0.29) is 0 Å². The average Bonchev–Trinajstić information content (AvgIpc) is 3.28. The minimum Gasteiger partial charge on any atom is -0.253 e. The maximum atomic E-state index is 4.48. The molecule has 35 heavy (non-hydrogen) atoms. The van der Waals surface area contributed by atoms with Crippen LogP contribution < -0.4 is 0 Å². The van der Waals surface area contributed by atoms with Crippen molar-refractivity contribution < 1.29 is 0 Å². The number of aryl methyl sites for hydroxylation is 1. The molecule has 0 bridgehead atoms. The predicted molar refractivity (Wildman–Crippen MR) is 149 cm³/mol. The van der Waals surface area contributed by atoms with E-state index in [1.165, 1.54) is 50.9 Å². The highest BCUT2D eigenvalue weighted by atomic mass is 32.2. The molecule has 168 valence electrons. The lowest BCUT2D eigenvalue weighted by Crippen LogP contribution is -1.86. The van der Waals surface area contributed by atoms with Gasteiger partial charge >= 0.3 is 0 Å². The van der Waals surface area contributed by atoms with Gasteiger partial charge in [0.25, 0.3) is 0 Å². The highest BCUT2D eigenvalue weighted by molar-refractivity contribution is 8.25. The number of nitrogens with zero attached hydrogens (tertiary/aromatic N) is 4. The maximum absolute atomic E-state index is 4.48. The van der Waals surface area contributed by atoms with Gasteiger partial charge in [-0.25, -0.2) is 0 Å². The molecule has 4 nitrogen and oxygen atoms in total. The highest BCUT2D eigenvalue weighted by Gasteiger charge is 2.21. The Morgan fingerprint density at radius 3 is 1.51 bits per heavy atom. The molecule has 7 heteroatoms. The molecule has 1 aliphatic heterocycles. The first kappa shape index (κ1) is 21.2. The minimum atomic E-state index is 0.928. The summed E-state index contributed by atoms with van der Waals surface area (Å²) in [5.41, 5.74) is 5.00. The summed E-state index contributed by atoms with van der Waals surface area (Å²) in [5, 5.41) is 4.80. The summed E-state index contributed by atoms with van der Waals surface area (Å²) in [7, 11) is 0. The van der Waals surface area contributed by atoms with Gasteiger partial charge in [0, 0.05) is 44.4 Å². The number of benzene rings is 4. The summed E-state index contributed by atoms with van der Waals surface area (Å²) < 4.78 is 1.34. The van der Waals surface area contributed by atoms with Gasteiger partial charge < -0.3 is 0 Å². The fourth-order valence-electron chi connectivity index (χ4n) is 4.41. The molecule has 0 amide bonds. The third-order valence-corrected chi connectivity index (χ3v) is 10.3. The van der Waals surface area contributed by atoms with E-state index < -0.39 is 0 Å². The molecule has 0 atom stereocenters. The third-order valence-electron chi connectivity index (χ3n) is 6.17. The van der Waals surface area contributed by atoms with Crippen molar-refractivity contribution in [2.24, 2.45) is 0 Å². The second-order valence-electron chi connectivity index (χ2n) is 8.56. The van der Waals surface area contributed by atoms with E-state index >= 15 is 0 Å². The molecule has 4 aromatic carbocycles. The van der Waals surface area contributed by atoms with Crippen molar-refractivity contribution in [3.8, 4) is 0 Å². The maximum Gasteiger partial charge on any atom is 0.0893 e. The quantitative estimate of drug-likeness (QED) is 0.173. The Morgan fingerprint density at radius 1 is 0.600 bits per heavy atom. The van der Waals surface area contributed by atoms with E-state index in [0.717, 1.165) is 22.1 Å². The lowest BCUT2D eigenvalue weighted by molar-refractivity contribution is 1.28. The Labute approximate surface area is 214 Å². The molecule has 0 radical (unpaired) electrons. The first-order chi connectivity index (χ1) is 17.1. The van der Waals surface area contributed by atoms with Crippen molar-refractivity contribution >= 4 is 78.9 Å². The normalized spacial score (nSPS) is 13.3. The molecule has 2 aromatic heterocycles. The van der Waals surface area contributed by atoms with Crippen LogP contribution in [0.25, 0.3) is 43.6 Å². The van der Waals surface area contributed by atoms with E-state index in [1.807, 2.05) is 35.3 Å². The van der Waals surface area contributed by atoms with Gasteiger partial charge in [-0.2, -0.15) is 0 Å². The molecule has 0 fully saturated rings. The van der Waals surface area contributed by atoms with E-state index in [9.17, 15) is 0 Å². The van der Waals surface area contributed by atoms with Crippen LogP contribution in [0.1, 0.15) is 12.5 Å². The minimum absolute atomic E-state index is 0.928. The van der Waals surface area contributed by atoms with Crippen LogP contribution in [0, 0.1) is 6.92 Å². The van der Waals surface area contributed by atoms with Crippen LogP contribution in [0.15, 0.2) is 97.1 Å². The SMILES string of the molecule is CC(Sc1cc2cc3nccnc3cc2cc1C)=C1Sc2cc3cc4nccnc4cc3cc2S1. The summed E-state index contributed by atoms with van der Waals surface area (Å²) in [4.78, 5) is 23.1. The van der Waals surface area contributed by atoms with Crippen LogP contribution in [-0.4, -0.2) is 19.9 Å². The predicted octanol–water partition coefficient (Wildman–Crippen LogP) is 8.37. The lowest BCUT2D eigenvalue weighted by atomic mass is 10.1. The monoisotopic (exact) mass is 506 g/mol. The van der Waals surface area contributed by atoms with Gasteiger partial charge in [-0.3, -0.25) is 19.9 Å². The smallest absolute Gasteiger partial charge is 0.0893 e. The van der Waals surface area contributed by atoms with Gasteiger partial charge in [0.2, 0.25) is 0 Å². The Balaban J connectivity index is 1.24. The van der Waals surface area contributed by atoms with Crippen molar-refractivity contribution in [1.82, 2.24) is 19.9 Å². The molecule has 0 saturated heterocycles. The number of fused-ring (bicyclic) bond motifs is 5. The van der Waals surface area contributed by atoms with Crippen LogP contribution in [0.4, 0.5) is 0 Å². The summed E-state index contributed by atoms with van der Waals surface area (Å²) in [6, 6.07) is 17.7. The second-order valence-corrected chi connectivity index (χ2v) is 12.2. The zero-order valence-corrected chi connectivity index (χ0v) is 21.4. The topological polar surface area (TPSA) is 51.6 Å². The number of aromatic nitrogens is 4. The van der Waals surface area contributed by atoms with Gasteiger partial charge in [-0.15, -0.1) is 0 Å². The van der Waals surface area contributed by atoms with Crippen LogP contribution >= 0.6 is 35.3 Å². The number of rotatable bonds is 2. The fraction of sp³-hybridized carbons (Fsp3) is 0.0714. The lowest BCUT2D eigenvalue weighted by Gasteiger charge is -2.10. The van der Waals surface area contributed by atoms with Crippen LogP contribution in [0.5, 0.6) is 0 Å². The molecule has 0 unspecified atom stereocenters. The number of hydrogen-bond acceptors (Lipinski definition) is 7.